The van der Waals surface area contributed by atoms with Crippen LogP contribution in [-0.2, 0) is 12.8 Å². The monoisotopic (exact) mass is 341 g/mol. The van der Waals surface area contributed by atoms with Crippen LogP contribution in [0.3, 0.4) is 0 Å². The van der Waals surface area contributed by atoms with Gasteiger partial charge in [0.25, 0.3) is 0 Å². The first-order valence-corrected chi connectivity index (χ1v) is 8.58. The smallest absolute Gasteiger partial charge is 0.338 e. The Balaban J connectivity index is 2.02. The van der Waals surface area contributed by atoms with Gasteiger partial charge in [-0.25, -0.2) is 4.79 Å². The average molecular weight is 341 g/mol. The molecule has 1 aromatic heterocycles. The molecule has 24 heavy (non-hydrogen) atoms. The molecule has 0 bridgehead atoms. The number of aromatic carboxylic acids is 1. The molecule has 0 atom stereocenters. The third kappa shape index (κ3) is 2.99. The zero-order valence-corrected chi connectivity index (χ0v) is 14.7. The Bertz CT molecular complexity index is 897. The minimum atomic E-state index is -0.909. The van der Waals surface area contributed by atoms with Crippen LogP contribution in [0.1, 0.15) is 21.6 Å². The molecule has 0 saturated heterocycles. The van der Waals surface area contributed by atoms with Crippen LogP contribution in [0.4, 0.5) is 0 Å². The van der Waals surface area contributed by atoms with Crippen molar-refractivity contribution in [3.8, 4) is 5.75 Å². The van der Waals surface area contributed by atoms with Crippen molar-refractivity contribution in [1.82, 2.24) is 4.57 Å². The number of methoxy groups -OCH3 is 1. The molecule has 0 radical (unpaired) electrons. The van der Waals surface area contributed by atoms with E-state index in [0.717, 1.165) is 16.1 Å². The Morgan fingerprint density at radius 3 is 2.54 bits per heavy atom. The van der Waals surface area contributed by atoms with Crippen molar-refractivity contribution in [1.29, 1.82) is 0 Å². The van der Waals surface area contributed by atoms with Gasteiger partial charge in [0, 0.05) is 34.3 Å². The quantitative estimate of drug-likeness (QED) is 0.695. The highest BCUT2D eigenvalue weighted by molar-refractivity contribution is 7.98. The molecule has 124 valence electrons. The molecule has 0 aliphatic rings. The van der Waals surface area contributed by atoms with Crippen molar-refractivity contribution in [3.63, 3.8) is 0 Å². The summed E-state index contributed by atoms with van der Waals surface area (Å²) in [6.45, 7) is 2.05. The third-order valence-electron chi connectivity index (χ3n) is 4.14. The summed E-state index contributed by atoms with van der Waals surface area (Å²) in [7, 11) is 3.49. The van der Waals surface area contributed by atoms with Crippen LogP contribution in [0, 0.1) is 6.92 Å². The van der Waals surface area contributed by atoms with E-state index < -0.39 is 5.97 Å². The number of benzene rings is 2. The number of ether oxygens (including phenoxy) is 1. The molecule has 0 amide bonds. The van der Waals surface area contributed by atoms with Crippen molar-refractivity contribution < 1.29 is 14.6 Å². The van der Waals surface area contributed by atoms with Gasteiger partial charge in [0.2, 0.25) is 0 Å². The van der Waals surface area contributed by atoms with Gasteiger partial charge in [-0.3, -0.25) is 0 Å². The zero-order chi connectivity index (χ0) is 17.3. The fourth-order valence-corrected chi connectivity index (χ4v) is 3.77. The SMILES string of the molecule is COc1ccc2c(c1)c(C(=O)O)c(CSc1ccc(C)cc1)n2C. The maximum absolute atomic E-state index is 11.8. The highest BCUT2D eigenvalue weighted by Gasteiger charge is 2.21. The maximum atomic E-state index is 11.8. The second-order valence-electron chi connectivity index (χ2n) is 5.67. The van der Waals surface area contributed by atoms with Crippen LogP contribution < -0.4 is 4.74 Å². The number of hydrogen-bond acceptors (Lipinski definition) is 3. The average Bonchev–Trinajstić information content (AvgIpc) is 2.86. The Hall–Kier alpha value is -2.40. The Morgan fingerprint density at radius 2 is 1.92 bits per heavy atom. The topological polar surface area (TPSA) is 51.5 Å². The summed E-state index contributed by atoms with van der Waals surface area (Å²) >= 11 is 1.64. The lowest BCUT2D eigenvalue weighted by atomic mass is 10.1. The van der Waals surface area contributed by atoms with E-state index in [9.17, 15) is 9.90 Å². The molecule has 2 aromatic carbocycles. The predicted molar refractivity (Wildman–Crippen MR) is 97.2 cm³/mol. The first kappa shape index (κ1) is 16.5. The third-order valence-corrected chi connectivity index (χ3v) is 5.16. The normalized spacial score (nSPS) is 11.0. The molecule has 0 spiro atoms. The summed E-state index contributed by atoms with van der Waals surface area (Å²) in [5.41, 5.74) is 3.26. The van der Waals surface area contributed by atoms with E-state index in [1.807, 2.05) is 30.7 Å². The number of rotatable bonds is 5. The van der Waals surface area contributed by atoms with E-state index in [-0.39, 0.29) is 0 Å². The highest BCUT2D eigenvalue weighted by Crippen LogP contribution is 2.33. The number of carbonyl (C=O) groups is 1. The number of thioether (sulfide) groups is 1. The lowest BCUT2D eigenvalue weighted by molar-refractivity contribution is 0.0698. The number of hydrogen-bond donors (Lipinski definition) is 1. The van der Waals surface area contributed by atoms with Crippen LogP contribution in [0.5, 0.6) is 5.75 Å². The van der Waals surface area contributed by atoms with E-state index >= 15 is 0 Å². The molecule has 3 aromatic rings. The molecular weight excluding hydrogens is 322 g/mol. The standard InChI is InChI=1S/C19H19NO3S/c1-12-4-7-14(8-5-12)24-11-17-18(19(21)22)15-10-13(23-3)6-9-16(15)20(17)2/h4-10H,11H2,1-3H3,(H,21,22). The summed E-state index contributed by atoms with van der Waals surface area (Å²) in [5.74, 6) is 0.347. The molecule has 0 saturated carbocycles. The summed E-state index contributed by atoms with van der Waals surface area (Å²) < 4.78 is 7.20. The fourth-order valence-electron chi connectivity index (χ4n) is 2.80. The van der Waals surface area contributed by atoms with Crippen molar-refractivity contribution in [2.45, 2.75) is 17.6 Å². The van der Waals surface area contributed by atoms with Gasteiger partial charge in [0.15, 0.2) is 0 Å². The van der Waals surface area contributed by atoms with Gasteiger partial charge in [-0.1, -0.05) is 17.7 Å². The Labute approximate surface area is 145 Å². The largest absolute Gasteiger partial charge is 0.497 e. The van der Waals surface area contributed by atoms with Gasteiger partial charge in [-0.2, -0.15) is 0 Å². The van der Waals surface area contributed by atoms with Crippen molar-refractivity contribution in [3.05, 3.63) is 59.3 Å². The Kier molecular flexibility index (Phi) is 4.53. The van der Waals surface area contributed by atoms with Crippen LogP contribution >= 0.6 is 11.8 Å². The number of nitrogens with zero attached hydrogens (tertiary/aromatic N) is 1. The minimum Gasteiger partial charge on any atom is -0.497 e. The fraction of sp³-hybridized carbons (Fsp3) is 0.211. The Morgan fingerprint density at radius 1 is 1.21 bits per heavy atom. The first-order chi connectivity index (χ1) is 11.5. The summed E-state index contributed by atoms with van der Waals surface area (Å²) in [6, 6.07) is 13.8. The van der Waals surface area contributed by atoms with Crippen LogP contribution in [0.2, 0.25) is 0 Å². The molecule has 0 unspecified atom stereocenters. The molecule has 4 nitrogen and oxygen atoms in total. The van der Waals surface area contributed by atoms with Crippen molar-refractivity contribution in [2.24, 2.45) is 7.05 Å². The minimum absolute atomic E-state index is 0.353. The van der Waals surface area contributed by atoms with E-state index in [1.165, 1.54) is 5.56 Å². The summed E-state index contributed by atoms with van der Waals surface area (Å²) in [4.78, 5) is 13.0. The van der Waals surface area contributed by atoms with Gasteiger partial charge in [-0.15, -0.1) is 11.8 Å². The van der Waals surface area contributed by atoms with E-state index in [0.29, 0.717) is 22.5 Å². The first-order valence-electron chi connectivity index (χ1n) is 7.59. The molecule has 0 aliphatic carbocycles. The second kappa shape index (κ2) is 6.61. The van der Waals surface area contributed by atoms with Gasteiger partial charge < -0.3 is 14.4 Å². The van der Waals surface area contributed by atoms with Gasteiger partial charge in [-0.05, 0) is 37.3 Å². The number of carboxylic acid groups (broad SMARTS) is 1. The number of aryl methyl sites for hydroxylation is 2. The number of carboxylic acids is 1. The van der Waals surface area contributed by atoms with Crippen molar-refractivity contribution in [2.75, 3.05) is 7.11 Å². The molecule has 5 heteroatoms. The van der Waals surface area contributed by atoms with Gasteiger partial charge >= 0.3 is 5.97 Å². The lowest BCUT2D eigenvalue weighted by Gasteiger charge is -2.06. The second-order valence-corrected chi connectivity index (χ2v) is 6.72. The molecule has 1 N–H and O–H groups in total. The zero-order valence-electron chi connectivity index (χ0n) is 13.9. The number of fused-ring (bicyclic) bond motifs is 1. The maximum Gasteiger partial charge on any atom is 0.338 e. The lowest BCUT2D eigenvalue weighted by Crippen LogP contribution is -2.03. The molecule has 0 aliphatic heterocycles. The van der Waals surface area contributed by atoms with Gasteiger partial charge in [0.1, 0.15) is 5.75 Å². The van der Waals surface area contributed by atoms with Crippen LogP contribution in [0.25, 0.3) is 10.9 Å². The molecule has 3 rings (SSSR count). The highest BCUT2D eigenvalue weighted by atomic mass is 32.2. The van der Waals surface area contributed by atoms with E-state index in [1.54, 1.807) is 24.9 Å². The molecular formula is C19H19NO3S. The van der Waals surface area contributed by atoms with Crippen LogP contribution in [-0.4, -0.2) is 22.8 Å². The van der Waals surface area contributed by atoms with Crippen LogP contribution in [0.15, 0.2) is 47.4 Å². The van der Waals surface area contributed by atoms with E-state index in [2.05, 4.69) is 24.3 Å². The summed E-state index contributed by atoms with van der Waals surface area (Å²) in [5, 5.41) is 10.4. The number of aromatic nitrogens is 1. The van der Waals surface area contributed by atoms with Gasteiger partial charge in [0.05, 0.1) is 12.7 Å². The van der Waals surface area contributed by atoms with Crippen molar-refractivity contribution >= 4 is 28.6 Å². The summed E-state index contributed by atoms with van der Waals surface area (Å²) in [6.07, 6.45) is 0. The van der Waals surface area contributed by atoms with E-state index in [4.69, 9.17) is 4.74 Å². The molecule has 1 heterocycles. The molecule has 0 fully saturated rings. The predicted octanol–water partition coefficient (Wildman–Crippen LogP) is 4.49.